The van der Waals surface area contributed by atoms with Crippen LogP contribution in [0.15, 0.2) is 0 Å². The molecule has 0 spiro atoms. The molecule has 2 unspecified atom stereocenters. The molecule has 0 radical (unpaired) electrons. The van der Waals surface area contributed by atoms with Gasteiger partial charge >= 0.3 is 0 Å². The number of rotatable bonds is 7. The Morgan fingerprint density at radius 2 is 1.80 bits per heavy atom. The highest BCUT2D eigenvalue weighted by Gasteiger charge is 2.29. The molecule has 2 saturated heterocycles. The fraction of sp³-hybridized carbons (Fsp3) is 1.00. The number of hydrogen-bond acceptors (Lipinski definition) is 4. The van der Waals surface area contributed by atoms with Gasteiger partial charge in [0.15, 0.2) is 0 Å². The minimum Gasteiger partial charge on any atom is -0.395 e. The smallest absolute Gasteiger partial charge is 0.0601 e. The van der Waals surface area contributed by atoms with Crippen LogP contribution in [0.3, 0.4) is 0 Å². The molecule has 0 aromatic heterocycles. The van der Waals surface area contributed by atoms with Gasteiger partial charge in [-0.25, -0.2) is 0 Å². The van der Waals surface area contributed by atoms with Crippen molar-refractivity contribution in [2.75, 3.05) is 39.3 Å². The van der Waals surface area contributed by atoms with Crippen LogP contribution >= 0.6 is 0 Å². The lowest BCUT2D eigenvalue weighted by molar-refractivity contribution is 0.0631. The number of nitrogens with zero attached hydrogens (tertiary/aromatic N) is 2. The molecule has 0 aromatic carbocycles. The summed E-state index contributed by atoms with van der Waals surface area (Å²) in [6.07, 6.45) is 7.42. The van der Waals surface area contributed by atoms with Crippen molar-refractivity contribution in [3.8, 4) is 0 Å². The normalized spacial score (nSPS) is 25.9. The summed E-state index contributed by atoms with van der Waals surface area (Å²) in [7, 11) is 0. The summed E-state index contributed by atoms with van der Waals surface area (Å²) in [4.78, 5) is 5.06. The van der Waals surface area contributed by atoms with Crippen LogP contribution < -0.4 is 5.73 Å². The highest BCUT2D eigenvalue weighted by Crippen LogP contribution is 2.23. The number of nitrogens with two attached hydrogens (primary N) is 1. The van der Waals surface area contributed by atoms with Gasteiger partial charge in [-0.3, -0.25) is 4.90 Å². The van der Waals surface area contributed by atoms with Crippen LogP contribution in [-0.4, -0.2) is 66.3 Å². The predicted octanol–water partition coefficient (Wildman–Crippen LogP) is 1.28. The van der Waals surface area contributed by atoms with E-state index in [-0.39, 0.29) is 18.7 Å². The Morgan fingerprint density at radius 3 is 2.35 bits per heavy atom. The van der Waals surface area contributed by atoms with Gasteiger partial charge in [0.25, 0.3) is 0 Å². The van der Waals surface area contributed by atoms with Crippen molar-refractivity contribution in [2.24, 2.45) is 11.7 Å². The minimum absolute atomic E-state index is 0.125. The molecule has 0 bridgehead atoms. The number of likely N-dealkylation sites (tertiary alicyclic amines) is 2. The van der Waals surface area contributed by atoms with Gasteiger partial charge in [-0.05, 0) is 64.2 Å². The van der Waals surface area contributed by atoms with Crippen molar-refractivity contribution in [3.63, 3.8) is 0 Å². The second-order valence-electron chi connectivity index (χ2n) is 6.69. The molecule has 3 N–H and O–H groups in total. The van der Waals surface area contributed by atoms with Crippen molar-refractivity contribution in [1.29, 1.82) is 0 Å². The van der Waals surface area contributed by atoms with E-state index in [9.17, 15) is 5.11 Å². The molecule has 2 aliphatic heterocycles. The third-order valence-electron chi connectivity index (χ3n) is 5.14. The van der Waals surface area contributed by atoms with Crippen LogP contribution in [0.2, 0.25) is 0 Å². The summed E-state index contributed by atoms with van der Waals surface area (Å²) in [5.41, 5.74) is 6.23. The van der Waals surface area contributed by atoms with Gasteiger partial charge in [0.2, 0.25) is 0 Å². The van der Waals surface area contributed by atoms with Gasteiger partial charge in [-0.2, -0.15) is 0 Å². The Hall–Kier alpha value is -0.160. The minimum atomic E-state index is 0.125. The SMILES string of the molecule is CCCC(N)C(CO)N1CCC(CN2CCCC2)CC1. The number of aliphatic hydroxyl groups excluding tert-OH is 1. The Labute approximate surface area is 124 Å². The third-order valence-corrected chi connectivity index (χ3v) is 5.14. The maximum Gasteiger partial charge on any atom is 0.0601 e. The molecule has 2 aliphatic rings. The molecule has 2 rings (SSSR count). The molecular formula is C16H33N3O. The fourth-order valence-corrected chi connectivity index (χ4v) is 3.84. The topological polar surface area (TPSA) is 52.7 Å². The molecule has 2 heterocycles. The van der Waals surface area contributed by atoms with Gasteiger partial charge in [-0.1, -0.05) is 13.3 Å². The first-order valence-electron chi connectivity index (χ1n) is 8.57. The Kier molecular flexibility index (Phi) is 6.75. The average molecular weight is 283 g/mol. The van der Waals surface area contributed by atoms with Crippen LogP contribution in [0, 0.1) is 5.92 Å². The van der Waals surface area contributed by atoms with Gasteiger partial charge in [-0.15, -0.1) is 0 Å². The first-order chi connectivity index (χ1) is 9.74. The third kappa shape index (κ3) is 4.42. The lowest BCUT2D eigenvalue weighted by Gasteiger charge is -2.40. The standard InChI is InChI=1S/C16H33N3O/c1-2-5-15(17)16(13-20)19-10-6-14(7-11-19)12-18-8-3-4-9-18/h14-16,20H,2-13,17H2,1H3. The van der Waals surface area contributed by atoms with E-state index in [1.807, 2.05) is 0 Å². The lowest BCUT2D eigenvalue weighted by atomic mass is 9.93. The zero-order valence-corrected chi connectivity index (χ0v) is 13.1. The van der Waals surface area contributed by atoms with Crippen molar-refractivity contribution in [1.82, 2.24) is 9.80 Å². The average Bonchev–Trinajstić information content (AvgIpc) is 2.95. The summed E-state index contributed by atoms with van der Waals surface area (Å²) in [6, 6.07) is 0.294. The quantitative estimate of drug-likeness (QED) is 0.739. The van der Waals surface area contributed by atoms with Crippen molar-refractivity contribution in [3.05, 3.63) is 0 Å². The molecule has 4 heteroatoms. The van der Waals surface area contributed by atoms with E-state index in [1.165, 1.54) is 45.3 Å². The summed E-state index contributed by atoms with van der Waals surface area (Å²) < 4.78 is 0. The van der Waals surface area contributed by atoms with Gasteiger partial charge < -0.3 is 15.7 Å². The monoisotopic (exact) mass is 283 g/mol. The lowest BCUT2D eigenvalue weighted by Crippen LogP contribution is -2.53. The van der Waals surface area contributed by atoms with Crippen LogP contribution in [0.25, 0.3) is 0 Å². The van der Waals surface area contributed by atoms with Gasteiger partial charge in [0.05, 0.1) is 6.61 Å². The first-order valence-corrected chi connectivity index (χ1v) is 8.57. The zero-order valence-electron chi connectivity index (χ0n) is 13.1. The Bertz CT molecular complexity index is 260. The summed E-state index contributed by atoms with van der Waals surface area (Å²) >= 11 is 0. The summed E-state index contributed by atoms with van der Waals surface area (Å²) in [5, 5.41) is 9.64. The second-order valence-corrected chi connectivity index (χ2v) is 6.69. The van der Waals surface area contributed by atoms with Crippen LogP contribution in [-0.2, 0) is 0 Å². The second kappa shape index (κ2) is 8.32. The van der Waals surface area contributed by atoms with E-state index in [4.69, 9.17) is 5.73 Å². The molecule has 0 amide bonds. The molecule has 2 atom stereocenters. The summed E-state index contributed by atoms with van der Waals surface area (Å²) in [6.45, 7) is 8.50. The number of piperidine rings is 1. The predicted molar refractivity (Wildman–Crippen MR) is 83.7 cm³/mol. The van der Waals surface area contributed by atoms with Crippen LogP contribution in [0.4, 0.5) is 0 Å². The summed E-state index contributed by atoms with van der Waals surface area (Å²) in [5.74, 6) is 0.853. The number of hydrogen-bond donors (Lipinski definition) is 2. The van der Waals surface area contributed by atoms with E-state index in [0.29, 0.717) is 0 Å². The largest absolute Gasteiger partial charge is 0.395 e. The van der Waals surface area contributed by atoms with E-state index in [2.05, 4.69) is 16.7 Å². The molecule has 20 heavy (non-hydrogen) atoms. The zero-order chi connectivity index (χ0) is 14.4. The molecular weight excluding hydrogens is 250 g/mol. The maximum absolute atomic E-state index is 9.64. The Balaban J connectivity index is 1.74. The maximum atomic E-state index is 9.64. The van der Waals surface area contributed by atoms with Crippen LogP contribution in [0.1, 0.15) is 45.4 Å². The molecule has 118 valence electrons. The van der Waals surface area contributed by atoms with E-state index in [1.54, 1.807) is 0 Å². The Morgan fingerprint density at radius 1 is 1.15 bits per heavy atom. The number of aliphatic hydroxyl groups is 1. The van der Waals surface area contributed by atoms with Gasteiger partial charge in [0, 0.05) is 18.6 Å². The molecule has 0 aromatic rings. The highest BCUT2D eigenvalue weighted by molar-refractivity contribution is 4.86. The van der Waals surface area contributed by atoms with Gasteiger partial charge in [0.1, 0.15) is 0 Å². The molecule has 0 aliphatic carbocycles. The molecule has 2 fully saturated rings. The van der Waals surface area contributed by atoms with Crippen molar-refractivity contribution >= 4 is 0 Å². The van der Waals surface area contributed by atoms with E-state index in [0.717, 1.165) is 31.8 Å². The van der Waals surface area contributed by atoms with E-state index >= 15 is 0 Å². The van der Waals surface area contributed by atoms with E-state index < -0.39 is 0 Å². The highest BCUT2D eigenvalue weighted by atomic mass is 16.3. The van der Waals surface area contributed by atoms with Crippen LogP contribution in [0.5, 0.6) is 0 Å². The fourth-order valence-electron chi connectivity index (χ4n) is 3.84. The molecule has 0 saturated carbocycles. The van der Waals surface area contributed by atoms with Crippen molar-refractivity contribution in [2.45, 2.75) is 57.5 Å². The first kappa shape index (κ1) is 16.2. The van der Waals surface area contributed by atoms with Crippen molar-refractivity contribution < 1.29 is 5.11 Å². The molecule has 4 nitrogen and oxygen atoms in total.